The Bertz CT molecular complexity index is 734. The Kier molecular flexibility index (Phi) is 6.90. The van der Waals surface area contributed by atoms with Gasteiger partial charge in [-0.25, -0.2) is 9.97 Å². The first kappa shape index (κ1) is 20.1. The largest absolute Gasteiger partial charge is 0.373 e. The topological polar surface area (TPSA) is 113 Å². The Hall–Kier alpha value is -2.22. The average molecular weight is 358 g/mol. The zero-order chi connectivity index (χ0) is 19.3. The molecule has 26 heavy (non-hydrogen) atoms. The van der Waals surface area contributed by atoms with Gasteiger partial charge in [0.2, 0.25) is 0 Å². The predicted octanol–water partition coefficient (Wildman–Crippen LogP) is 2.25. The van der Waals surface area contributed by atoms with Crippen molar-refractivity contribution in [1.29, 1.82) is 0 Å². The van der Waals surface area contributed by atoms with Gasteiger partial charge in [0.15, 0.2) is 11.6 Å². The van der Waals surface area contributed by atoms with E-state index in [1.807, 2.05) is 43.1 Å². The van der Waals surface area contributed by atoms with Gasteiger partial charge >= 0.3 is 0 Å². The van der Waals surface area contributed by atoms with Gasteiger partial charge in [0, 0.05) is 19.3 Å². The lowest BCUT2D eigenvalue weighted by Gasteiger charge is -2.22. The van der Waals surface area contributed by atoms with Crippen LogP contribution in [-0.4, -0.2) is 35.2 Å². The fraction of sp³-hybridized carbons (Fsp3) is 0.474. The molecule has 0 radical (unpaired) electrons. The molecular weight excluding hydrogens is 328 g/mol. The summed E-state index contributed by atoms with van der Waals surface area (Å²) in [6.45, 7) is 7.52. The van der Waals surface area contributed by atoms with E-state index >= 15 is 0 Å². The zero-order valence-corrected chi connectivity index (χ0v) is 16.0. The summed E-state index contributed by atoms with van der Waals surface area (Å²) in [5, 5.41) is 13.2. The highest BCUT2D eigenvalue weighted by molar-refractivity contribution is 5.62. The molecule has 1 aromatic carbocycles. The first-order valence-electron chi connectivity index (χ1n) is 9.03. The van der Waals surface area contributed by atoms with Crippen LogP contribution >= 0.6 is 0 Å². The van der Waals surface area contributed by atoms with Gasteiger partial charge in [0.1, 0.15) is 11.9 Å². The predicted molar refractivity (Wildman–Crippen MR) is 107 cm³/mol. The third kappa shape index (κ3) is 4.49. The second kappa shape index (κ2) is 8.93. The minimum Gasteiger partial charge on any atom is -0.373 e. The Morgan fingerprint density at radius 2 is 2.00 bits per heavy atom. The number of aryl methyl sites for hydroxylation is 1. The number of hydrogen-bond acceptors (Lipinski definition) is 7. The Morgan fingerprint density at radius 1 is 1.27 bits per heavy atom. The van der Waals surface area contributed by atoms with E-state index in [0.717, 1.165) is 29.3 Å². The van der Waals surface area contributed by atoms with Gasteiger partial charge in [-0.05, 0) is 43.5 Å². The number of nitrogens with two attached hydrogens (primary N) is 2. The summed E-state index contributed by atoms with van der Waals surface area (Å²) in [4.78, 5) is 11.3. The summed E-state index contributed by atoms with van der Waals surface area (Å²) in [5.41, 5.74) is 14.6. The molecule has 2 aromatic rings. The highest BCUT2D eigenvalue weighted by atomic mass is 16.3. The summed E-state index contributed by atoms with van der Waals surface area (Å²) >= 11 is 0. The van der Waals surface area contributed by atoms with Crippen LogP contribution in [0.5, 0.6) is 0 Å². The molecule has 1 heterocycles. The van der Waals surface area contributed by atoms with Crippen LogP contribution in [0, 0.1) is 0 Å². The van der Waals surface area contributed by atoms with E-state index in [1.165, 1.54) is 0 Å². The maximum Gasteiger partial charge on any atom is 0.158 e. The number of nitrogens with one attached hydrogen (secondary N) is 1. The van der Waals surface area contributed by atoms with E-state index in [-0.39, 0.29) is 5.92 Å². The number of anilines is 3. The number of benzene rings is 1. The van der Waals surface area contributed by atoms with Crippen LogP contribution in [0.4, 0.5) is 17.3 Å². The first-order chi connectivity index (χ1) is 12.4. The zero-order valence-electron chi connectivity index (χ0n) is 16.0. The monoisotopic (exact) mass is 358 g/mol. The van der Waals surface area contributed by atoms with Crippen LogP contribution in [0.1, 0.15) is 49.9 Å². The van der Waals surface area contributed by atoms with Crippen molar-refractivity contribution in [3.05, 3.63) is 41.2 Å². The lowest BCUT2D eigenvalue weighted by Crippen LogP contribution is -2.23. The summed E-state index contributed by atoms with van der Waals surface area (Å²) in [6.07, 6.45) is -0.502. The number of aliphatic hydroxyl groups excluding tert-OH is 1. The van der Waals surface area contributed by atoms with Gasteiger partial charge in [-0.3, -0.25) is 0 Å². The van der Waals surface area contributed by atoms with E-state index in [1.54, 1.807) is 0 Å². The van der Waals surface area contributed by atoms with Crippen LogP contribution in [0.25, 0.3) is 0 Å². The standard InChI is InChI=1S/C19H30N6O/c1-5-15-19(25(4)6-2)24-18(16(23-15)17(21)26)22-14-9-7-8-13(10-14)12(3)11-20/h7-10,12,17,26H,5-6,11,20-21H2,1-4H3,(H,22,24)/t12-,17?/m0/s1. The maximum atomic E-state index is 9.98. The van der Waals surface area contributed by atoms with Crippen molar-refractivity contribution in [2.24, 2.45) is 11.5 Å². The molecule has 0 aliphatic carbocycles. The number of aromatic nitrogens is 2. The van der Waals surface area contributed by atoms with E-state index in [2.05, 4.69) is 24.1 Å². The average Bonchev–Trinajstić information content (AvgIpc) is 2.66. The number of aliphatic hydroxyl groups is 1. The van der Waals surface area contributed by atoms with Gasteiger partial charge in [-0.1, -0.05) is 26.0 Å². The number of hydrogen-bond donors (Lipinski definition) is 4. The Labute approximate surface area is 155 Å². The van der Waals surface area contributed by atoms with Crippen molar-refractivity contribution < 1.29 is 5.11 Å². The fourth-order valence-corrected chi connectivity index (χ4v) is 2.66. The molecule has 142 valence electrons. The van der Waals surface area contributed by atoms with Crippen LogP contribution in [0.2, 0.25) is 0 Å². The van der Waals surface area contributed by atoms with E-state index in [4.69, 9.17) is 16.5 Å². The first-order valence-corrected chi connectivity index (χ1v) is 9.03. The summed E-state index contributed by atoms with van der Waals surface area (Å²) in [7, 11) is 1.97. The van der Waals surface area contributed by atoms with Gasteiger partial charge in [-0.2, -0.15) is 0 Å². The minimum absolute atomic E-state index is 0.256. The van der Waals surface area contributed by atoms with Crippen molar-refractivity contribution in [3.63, 3.8) is 0 Å². The summed E-state index contributed by atoms with van der Waals surface area (Å²) in [6, 6.07) is 7.99. The molecule has 0 bridgehead atoms. The fourth-order valence-electron chi connectivity index (χ4n) is 2.66. The van der Waals surface area contributed by atoms with Crippen molar-refractivity contribution >= 4 is 17.3 Å². The van der Waals surface area contributed by atoms with Gasteiger partial charge in [0.05, 0.1) is 5.69 Å². The van der Waals surface area contributed by atoms with E-state index in [9.17, 15) is 5.11 Å². The van der Waals surface area contributed by atoms with Crippen LogP contribution in [-0.2, 0) is 6.42 Å². The molecule has 2 atom stereocenters. The molecule has 1 aromatic heterocycles. The molecular formula is C19H30N6O. The van der Waals surface area contributed by atoms with Crippen molar-refractivity contribution in [3.8, 4) is 0 Å². The van der Waals surface area contributed by atoms with Crippen LogP contribution in [0.3, 0.4) is 0 Å². The SMILES string of the molecule is CCc1nc(C(N)O)c(Nc2cccc([C@@H](C)CN)c2)nc1N(C)CC. The quantitative estimate of drug-likeness (QED) is 0.535. The van der Waals surface area contributed by atoms with Crippen molar-refractivity contribution in [2.75, 3.05) is 30.4 Å². The van der Waals surface area contributed by atoms with Crippen LogP contribution in [0.15, 0.2) is 24.3 Å². The van der Waals surface area contributed by atoms with Crippen molar-refractivity contribution in [1.82, 2.24) is 9.97 Å². The summed E-state index contributed by atoms with van der Waals surface area (Å²) < 4.78 is 0. The van der Waals surface area contributed by atoms with Gasteiger partial charge in [0.25, 0.3) is 0 Å². The number of rotatable bonds is 8. The van der Waals surface area contributed by atoms with Gasteiger partial charge in [-0.15, -0.1) is 0 Å². The molecule has 7 heteroatoms. The van der Waals surface area contributed by atoms with E-state index in [0.29, 0.717) is 24.5 Å². The normalized spacial score (nSPS) is 13.3. The molecule has 0 fully saturated rings. The lowest BCUT2D eigenvalue weighted by molar-refractivity contribution is 0.181. The number of nitrogens with zero attached hydrogens (tertiary/aromatic N) is 3. The smallest absolute Gasteiger partial charge is 0.158 e. The lowest BCUT2D eigenvalue weighted by atomic mass is 10.0. The van der Waals surface area contributed by atoms with Gasteiger partial charge < -0.3 is 26.8 Å². The summed E-state index contributed by atoms with van der Waals surface area (Å²) in [5.74, 6) is 1.50. The third-order valence-electron chi connectivity index (χ3n) is 4.50. The van der Waals surface area contributed by atoms with Crippen LogP contribution < -0.4 is 21.7 Å². The molecule has 0 aliphatic heterocycles. The molecule has 0 amide bonds. The molecule has 2 rings (SSSR count). The minimum atomic E-state index is -1.21. The molecule has 1 unspecified atom stereocenters. The maximum absolute atomic E-state index is 9.98. The Morgan fingerprint density at radius 3 is 2.58 bits per heavy atom. The van der Waals surface area contributed by atoms with E-state index < -0.39 is 6.23 Å². The molecule has 0 saturated carbocycles. The molecule has 0 saturated heterocycles. The molecule has 6 N–H and O–H groups in total. The molecule has 0 spiro atoms. The highest BCUT2D eigenvalue weighted by Crippen LogP contribution is 2.27. The highest BCUT2D eigenvalue weighted by Gasteiger charge is 2.19. The molecule has 0 aliphatic rings. The second-order valence-electron chi connectivity index (χ2n) is 6.43. The van der Waals surface area contributed by atoms with Crippen molar-refractivity contribution in [2.45, 2.75) is 39.3 Å². The Balaban J connectivity index is 2.47. The molecule has 7 nitrogen and oxygen atoms in total. The second-order valence-corrected chi connectivity index (χ2v) is 6.43. The third-order valence-corrected chi connectivity index (χ3v) is 4.50.